The number of ether oxygens (including phenoxy) is 1. The van der Waals surface area contributed by atoms with Crippen LogP contribution in [0.25, 0.3) is 0 Å². The van der Waals surface area contributed by atoms with Crippen LogP contribution in [-0.2, 0) is 30.6 Å². The first-order valence-corrected chi connectivity index (χ1v) is 1.99. The van der Waals surface area contributed by atoms with Gasteiger partial charge in [0.15, 0.2) is 0 Å². The van der Waals surface area contributed by atoms with E-state index in [0.717, 1.165) is 13.2 Å². The van der Waals surface area contributed by atoms with Gasteiger partial charge in [-0.2, -0.15) is 0 Å². The molecule has 0 bridgehead atoms. The molecule has 1 nitrogen and oxygen atoms in total. The Morgan fingerprint density at radius 3 is 1.00 bits per heavy atom. The van der Waals surface area contributed by atoms with Crippen LogP contribution < -0.4 is 49.6 Å². The quantitative estimate of drug-likeness (QED) is 0.423. The number of hydrogen-bond acceptors (Lipinski definition) is 1. The molecule has 0 N–H and O–H groups in total. The SMILES string of the molecule is CCOCC.[Cl-].[Cl-].[Cl-].[Cl-].[Hf+4]. The second kappa shape index (κ2) is 44.0. The molecular weight excluding hydrogens is 384 g/mol. The van der Waals surface area contributed by atoms with Crippen LogP contribution in [0.2, 0.25) is 0 Å². The maximum atomic E-state index is 4.83. The molecule has 0 radical (unpaired) electrons. The van der Waals surface area contributed by atoms with Gasteiger partial charge in [0, 0.05) is 13.2 Å². The van der Waals surface area contributed by atoms with Crippen LogP contribution in [0.5, 0.6) is 0 Å². The Labute approximate surface area is 106 Å². The molecule has 6 heteroatoms. The molecule has 0 heterocycles. The van der Waals surface area contributed by atoms with Crippen molar-refractivity contribution in [2.45, 2.75) is 13.8 Å². The van der Waals surface area contributed by atoms with Gasteiger partial charge in [-0.1, -0.05) is 0 Å². The Kier molecular flexibility index (Phi) is 178. The maximum absolute atomic E-state index is 4.83. The van der Waals surface area contributed by atoms with Gasteiger partial charge in [-0.3, -0.25) is 0 Å². The van der Waals surface area contributed by atoms with Gasteiger partial charge in [0.25, 0.3) is 0 Å². The zero-order chi connectivity index (χ0) is 4.12. The van der Waals surface area contributed by atoms with Crippen molar-refractivity contribution in [3.63, 3.8) is 0 Å². The number of rotatable bonds is 2. The fraction of sp³-hybridized carbons (Fsp3) is 1.00. The van der Waals surface area contributed by atoms with Crippen molar-refractivity contribution in [1.29, 1.82) is 0 Å². The Bertz CT molecular complexity index is 24.7. The molecule has 0 spiro atoms. The van der Waals surface area contributed by atoms with Crippen LogP contribution >= 0.6 is 0 Å². The molecule has 0 aromatic heterocycles. The van der Waals surface area contributed by atoms with E-state index in [0.29, 0.717) is 0 Å². The largest absolute Gasteiger partial charge is 4.00 e. The van der Waals surface area contributed by atoms with Gasteiger partial charge in [-0.05, 0) is 13.8 Å². The van der Waals surface area contributed by atoms with Gasteiger partial charge in [0.1, 0.15) is 0 Å². The smallest absolute Gasteiger partial charge is 1.00 e. The third kappa shape index (κ3) is 50.7. The van der Waals surface area contributed by atoms with Crippen molar-refractivity contribution >= 4 is 0 Å². The summed E-state index contributed by atoms with van der Waals surface area (Å²) >= 11 is 0. The van der Waals surface area contributed by atoms with Gasteiger partial charge in [-0.25, -0.2) is 0 Å². The Morgan fingerprint density at radius 2 is 1.00 bits per heavy atom. The minimum atomic E-state index is 0. The molecule has 0 aromatic rings. The molecular formula is C4H10Cl4HfO. The summed E-state index contributed by atoms with van der Waals surface area (Å²) in [6, 6.07) is 0. The zero-order valence-electron chi connectivity index (χ0n) is 5.83. The van der Waals surface area contributed by atoms with E-state index < -0.39 is 0 Å². The summed E-state index contributed by atoms with van der Waals surface area (Å²) in [4.78, 5) is 0. The van der Waals surface area contributed by atoms with Crippen molar-refractivity contribution in [2.75, 3.05) is 13.2 Å². The zero-order valence-corrected chi connectivity index (χ0v) is 12.5. The molecule has 64 valence electrons. The summed E-state index contributed by atoms with van der Waals surface area (Å²) in [6.45, 7) is 5.67. The summed E-state index contributed by atoms with van der Waals surface area (Å²) in [5, 5.41) is 0. The molecule has 0 unspecified atom stereocenters. The minimum absolute atomic E-state index is 0. The van der Waals surface area contributed by atoms with Gasteiger partial charge in [0.05, 0.1) is 0 Å². The van der Waals surface area contributed by atoms with Crippen molar-refractivity contribution < 1.29 is 80.2 Å². The Balaban J connectivity index is -0.00000000800. The second-order valence-electron chi connectivity index (χ2n) is 0.781. The molecule has 0 amide bonds. The van der Waals surface area contributed by atoms with Gasteiger partial charge >= 0.3 is 25.8 Å². The third-order valence-electron chi connectivity index (χ3n) is 0.408. The maximum Gasteiger partial charge on any atom is 4.00 e. The van der Waals surface area contributed by atoms with E-state index in [1.54, 1.807) is 0 Å². The van der Waals surface area contributed by atoms with Crippen LogP contribution in [0.3, 0.4) is 0 Å². The molecule has 0 rings (SSSR count). The molecule has 0 fully saturated rings. The molecule has 0 atom stereocenters. The van der Waals surface area contributed by atoms with Gasteiger partial charge < -0.3 is 54.4 Å². The van der Waals surface area contributed by atoms with E-state index in [9.17, 15) is 0 Å². The topological polar surface area (TPSA) is 9.23 Å². The first-order chi connectivity index (χ1) is 2.41. The fourth-order valence-electron chi connectivity index (χ4n) is 0.204. The number of halogens is 4. The first kappa shape index (κ1) is 40.4. The van der Waals surface area contributed by atoms with Gasteiger partial charge in [-0.15, -0.1) is 0 Å². The monoisotopic (exact) mass is 394 g/mol. The average Bonchev–Trinajstić information content (AvgIpc) is 1.41. The van der Waals surface area contributed by atoms with Crippen molar-refractivity contribution in [1.82, 2.24) is 0 Å². The minimum Gasteiger partial charge on any atom is -1.00 e. The van der Waals surface area contributed by atoms with E-state index in [1.807, 2.05) is 13.8 Å². The average molecular weight is 394 g/mol. The number of hydrogen-bond donors (Lipinski definition) is 0. The van der Waals surface area contributed by atoms with Crippen molar-refractivity contribution in [2.24, 2.45) is 0 Å². The summed E-state index contributed by atoms with van der Waals surface area (Å²) < 4.78 is 4.83. The van der Waals surface area contributed by atoms with Gasteiger partial charge in [0.2, 0.25) is 0 Å². The first-order valence-electron chi connectivity index (χ1n) is 1.99. The fourth-order valence-corrected chi connectivity index (χ4v) is 0.204. The van der Waals surface area contributed by atoms with E-state index in [-0.39, 0.29) is 75.5 Å². The second-order valence-corrected chi connectivity index (χ2v) is 0.781. The van der Waals surface area contributed by atoms with E-state index in [4.69, 9.17) is 4.74 Å². The van der Waals surface area contributed by atoms with E-state index in [1.165, 1.54) is 0 Å². The predicted octanol–water partition coefficient (Wildman–Crippen LogP) is -10.9. The third-order valence-corrected chi connectivity index (χ3v) is 0.408. The standard InChI is InChI=1S/C4H10O.4ClH.Hf/c1-3-5-4-2;;;;;/h3-4H2,1-2H3;4*1H;/q;;;;;+4/p-4. The summed E-state index contributed by atoms with van der Waals surface area (Å²) in [5.41, 5.74) is 0. The molecule has 0 aliphatic rings. The molecule has 0 aromatic carbocycles. The van der Waals surface area contributed by atoms with Crippen LogP contribution in [0.1, 0.15) is 13.8 Å². The molecule has 0 saturated carbocycles. The summed E-state index contributed by atoms with van der Waals surface area (Å²) in [5.74, 6) is 0. The van der Waals surface area contributed by atoms with E-state index >= 15 is 0 Å². The van der Waals surface area contributed by atoms with Crippen LogP contribution in [-0.4, -0.2) is 13.2 Å². The predicted molar refractivity (Wildman–Crippen MR) is 22.2 cm³/mol. The van der Waals surface area contributed by atoms with Crippen LogP contribution in [0, 0.1) is 0 Å². The van der Waals surface area contributed by atoms with Crippen molar-refractivity contribution in [3.8, 4) is 0 Å². The van der Waals surface area contributed by atoms with Crippen molar-refractivity contribution in [3.05, 3.63) is 0 Å². The van der Waals surface area contributed by atoms with Crippen LogP contribution in [0.15, 0.2) is 0 Å². The molecule has 10 heavy (non-hydrogen) atoms. The normalized spacial score (nSPS) is 4.20. The molecule has 0 saturated heterocycles. The van der Waals surface area contributed by atoms with Crippen LogP contribution in [0.4, 0.5) is 0 Å². The molecule has 0 aliphatic heterocycles. The van der Waals surface area contributed by atoms with E-state index in [2.05, 4.69) is 0 Å². The summed E-state index contributed by atoms with van der Waals surface area (Å²) in [6.07, 6.45) is 0. The Hall–Kier alpha value is 1.99. The Morgan fingerprint density at radius 1 is 0.800 bits per heavy atom. The summed E-state index contributed by atoms with van der Waals surface area (Å²) in [7, 11) is 0. The molecule has 0 aliphatic carbocycles.